The van der Waals surface area contributed by atoms with Gasteiger partial charge in [-0.3, -0.25) is 15.0 Å². The SMILES string of the molecule is CCOC(=O)Nc1cccc(C(=O)OC(C)C(=O)N2CCN(Cc3ccccc3)CC2)c1. The number of nitrogens with zero attached hydrogens (tertiary/aromatic N) is 2. The Labute approximate surface area is 188 Å². The van der Waals surface area contributed by atoms with Crippen molar-refractivity contribution in [3.05, 3.63) is 65.7 Å². The minimum atomic E-state index is -0.898. The predicted molar refractivity (Wildman–Crippen MR) is 120 cm³/mol. The summed E-state index contributed by atoms with van der Waals surface area (Å²) in [5.41, 5.74) is 1.90. The number of carbonyl (C=O) groups excluding carboxylic acids is 3. The molecule has 1 aliphatic heterocycles. The van der Waals surface area contributed by atoms with Crippen LogP contribution in [0, 0.1) is 0 Å². The predicted octanol–water partition coefficient (Wildman–Crippen LogP) is 3.14. The van der Waals surface area contributed by atoms with Crippen LogP contribution in [0.25, 0.3) is 0 Å². The van der Waals surface area contributed by atoms with Crippen molar-refractivity contribution in [2.75, 3.05) is 38.1 Å². The summed E-state index contributed by atoms with van der Waals surface area (Å²) in [5.74, 6) is -0.834. The van der Waals surface area contributed by atoms with E-state index in [1.54, 1.807) is 36.9 Å². The van der Waals surface area contributed by atoms with Crippen LogP contribution in [0.2, 0.25) is 0 Å². The van der Waals surface area contributed by atoms with Gasteiger partial charge in [-0.2, -0.15) is 0 Å². The molecular formula is C24H29N3O5. The van der Waals surface area contributed by atoms with Crippen molar-refractivity contribution in [1.82, 2.24) is 9.80 Å². The summed E-state index contributed by atoms with van der Waals surface area (Å²) >= 11 is 0. The van der Waals surface area contributed by atoms with E-state index in [1.165, 1.54) is 11.6 Å². The summed E-state index contributed by atoms with van der Waals surface area (Å²) in [4.78, 5) is 40.9. The fourth-order valence-corrected chi connectivity index (χ4v) is 3.51. The first-order chi connectivity index (χ1) is 15.5. The lowest BCUT2D eigenvalue weighted by molar-refractivity contribution is -0.141. The van der Waals surface area contributed by atoms with Crippen LogP contribution in [0.5, 0.6) is 0 Å². The maximum Gasteiger partial charge on any atom is 0.411 e. The van der Waals surface area contributed by atoms with Crippen LogP contribution in [0.15, 0.2) is 54.6 Å². The summed E-state index contributed by atoms with van der Waals surface area (Å²) in [6.07, 6.45) is -1.50. The van der Waals surface area contributed by atoms with Gasteiger partial charge in [-0.05, 0) is 37.6 Å². The van der Waals surface area contributed by atoms with Crippen LogP contribution in [-0.4, -0.2) is 66.7 Å². The number of anilines is 1. The molecule has 1 aliphatic rings. The first-order valence-electron chi connectivity index (χ1n) is 10.8. The Morgan fingerprint density at radius 2 is 1.72 bits per heavy atom. The fraction of sp³-hybridized carbons (Fsp3) is 0.375. The van der Waals surface area contributed by atoms with Gasteiger partial charge in [-0.1, -0.05) is 36.4 Å². The lowest BCUT2D eigenvalue weighted by Crippen LogP contribution is -2.51. The highest BCUT2D eigenvalue weighted by atomic mass is 16.6. The summed E-state index contributed by atoms with van der Waals surface area (Å²) in [6, 6.07) is 16.5. The monoisotopic (exact) mass is 439 g/mol. The first kappa shape index (κ1) is 23.3. The number of rotatable bonds is 7. The highest BCUT2D eigenvalue weighted by Gasteiger charge is 2.27. The number of esters is 1. The van der Waals surface area contributed by atoms with Crippen LogP contribution >= 0.6 is 0 Å². The molecule has 0 bridgehead atoms. The quantitative estimate of drug-likeness (QED) is 0.667. The van der Waals surface area contributed by atoms with Gasteiger partial charge < -0.3 is 14.4 Å². The molecule has 2 amide bonds. The molecule has 0 aromatic heterocycles. The minimum absolute atomic E-state index is 0.210. The molecule has 32 heavy (non-hydrogen) atoms. The van der Waals surface area contributed by atoms with Crippen LogP contribution in [-0.2, 0) is 20.8 Å². The van der Waals surface area contributed by atoms with Crippen molar-refractivity contribution in [2.24, 2.45) is 0 Å². The number of amides is 2. The number of benzene rings is 2. The van der Waals surface area contributed by atoms with Crippen LogP contribution in [0.3, 0.4) is 0 Å². The van der Waals surface area contributed by atoms with Gasteiger partial charge in [0.2, 0.25) is 0 Å². The number of hydrogen-bond donors (Lipinski definition) is 1. The molecule has 1 N–H and O–H groups in total. The number of carbonyl (C=O) groups is 3. The Bertz CT molecular complexity index is 926. The Hall–Kier alpha value is -3.39. The lowest BCUT2D eigenvalue weighted by Gasteiger charge is -2.35. The van der Waals surface area contributed by atoms with Crippen LogP contribution in [0.4, 0.5) is 10.5 Å². The second-order valence-electron chi connectivity index (χ2n) is 7.56. The van der Waals surface area contributed by atoms with Gasteiger partial charge >= 0.3 is 12.1 Å². The molecule has 0 radical (unpaired) electrons. The zero-order chi connectivity index (χ0) is 22.9. The van der Waals surface area contributed by atoms with Crippen molar-refractivity contribution in [2.45, 2.75) is 26.5 Å². The molecule has 8 nitrogen and oxygen atoms in total. The van der Waals surface area contributed by atoms with Gasteiger partial charge in [0, 0.05) is 38.4 Å². The molecule has 1 unspecified atom stereocenters. The minimum Gasteiger partial charge on any atom is -0.450 e. The molecule has 0 spiro atoms. The maximum atomic E-state index is 12.8. The van der Waals surface area contributed by atoms with E-state index in [1.807, 2.05) is 18.2 Å². The number of ether oxygens (including phenoxy) is 2. The molecule has 3 rings (SSSR count). The van der Waals surface area contributed by atoms with Crippen molar-refractivity contribution in [3.8, 4) is 0 Å². The fourth-order valence-electron chi connectivity index (χ4n) is 3.51. The highest BCUT2D eigenvalue weighted by Crippen LogP contribution is 2.15. The first-order valence-corrected chi connectivity index (χ1v) is 10.8. The topological polar surface area (TPSA) is 88.2 Å². The second kappa shape index (κ2) is 11.3. The van der Waals surface area contributed by atoms with Crippen LogP contribution in [0.1, 0.15) is 29.8 Å². The van der Waals surface area contributed by atoms with Gasteiger partial charge in [0.1, 0.15) is 0 Å². The summed E-state index contributed by atoms with van der Waals surface area (Å²) in [7, 11) is 0. The Morgan fingerprint density at radius 1 is 1.00 bits per heavy atom. The molecule has 1 heterocycles. The molecule has 170 valence electrons. The van der Waals surface area contributed by atoms with E-state index in [-0.39, 0.29) is 18.1 Å². The average Bonchev–Trinajstić information content (AvgIpc) is 2.80. The molecule has 1 atom stereocenters. The Morgan fingerprint density at radius 3 is 2.41 bits per heavy atom. The molecular weight excluding hydrogens is 410 g/mol. The smallest absolute Gasteiger partial charge is 0.411 e. The third-order valence-electron chi connectivity index (χ3n) is 5.18. The van der Waals surface area contributed by atoms with E-state index in [0.717, 1.165) is 19.6 Å². The van der Waals surface area contributed by atoms with E-state index in [0.29, 0.717) is 18.8 Å². The van der Waals surface area contributed by atoms with Gasteiger partial charge in [-0.25, -0.2) is 9.59 Å². The normalized spacial score (nSPS) is 15.0. The van der Waals surface area contributed by atoms with E-state index in [2.05, 4.69) is 22.3 Å². The molecule has 1 fully saturated rings. The van der Waals surface area contributed by atoms with E-state index < -0.39 is 18.2 Å². The zero-order valence-corrected chi connectivity index (χ0v) is 18.5. The number of hydrogen-bond acceptors (Lipinski definition) is 6. The molecule has 8 heteroatoms. The zero-order valence-electron chi connectivity index (χ0n) is 18.5. The van der Waals surface area contributed by atoms with Crippen molar-refractivity contribution in [1.29, 1.82) is 0 Å². The van der Waals surface area contributed by atoms with Gasteiger partial charge in [0.25, 0.3) is 5.91 Å². The second-order valence-corrected chi connectivity index (χ2v) is 7.56. The van der Waals surface area contributed by atoms with E-state index >= 15 is 0 Å². The molecule has 2 aromatic rings. The third kappa shape index (κ3) is 6.55. The third-order valence-corrected chi connectivity index (χ3v) is 5.18. The molecule has 1 saturated heterocycles. The van der Waals surface area contributed by atoms with Crippen molar-refractivity contribution < 1.29 is 23.9 Å². The largest absolute Gasteiger partial charge is 0.450 e. The summed E-state index contributed by atoms with van der Waals surface area (Å²) in [6.45, 7) is 7.09. The van der Waals surface area contributed by atoms with E-state index in [4.69, 9.17) is 9.47 Å². The van der Waals surface area contributed by atoms with Crippen molar-refractivity contribution in [3.63, 3.8) is 0 Å². The lowest BCUT2D eigenvalue weighted by atomic mass is 10.2. The number of piperazine rings is 1. The maximum absolute atomic E-state index is 12.8. The van der Waals surface area contributed by atoms with Gasteiger partial charge in [-0.15, -0.1) is 0 Å². The molecule has 0 saturated carbocycles. The number of nitrogens with one attached hydrogen (secondary N) is 1. The van der Waals surface area contributed by atoms with Crippen LogP contribution < -0.4 is 5.32 Å². The van der Waals surface area contributed by atoms with Crippen molar-refractivity contribution >= 4 is 23.7 Å². The Balaban J connectivity index is 1.49. The van der Waals surface area contributed by atoms with Gasteiger partial charge in [0.05, 0.1) is 12.2 Å². The van der Waals surface area contributed by atoms with E-state index in [9.17, 15) is 14.4 Å². The molecule has 2 aromatic carbocycles. The Kier molecular flexibility index (Phi) is 8.21. The molecule has 0 aliphatic carbocycles. The summed E-state index contributed by atoms with van der Waals surface area (Å²) < 4.78 is 10.2. The average molecular weight is 440 g/mol. The summed E-state index contributed by atoms with van der Waals surface area (Å²) in [5, 5.41) is 2.54. The van der Waals surface area contributed by atoms with Gasteiger partial charge in [0.15, 0.2) is 6.10 Å². The standard InChI is InChI=1S/C24H29N3O5/c1-3-31-24(30)25-21-11-7-10-20(16-21)23(29)32-18(2)22(28)27-14-12-26(13-15-27)17-19-8-5-4-6-9-19/h4-11,16,18H,3,12-15,17H2,1-2H3,(H,25,30). The highest BCUT2D eigenvalue weighted by molar-refractivity contribution is 5.94.